The molecule has 0 radical (unpaired) electrons. The number of nitrogens with one attached hydrogen (secondary N) is 1. The maximum Gasteiger partial charge on any atom is 0.0929 e. The number of thiol groups is 1. The van der Waals surface area contributed by atoms with E-state index in [0.29, 0.717) is 6.54 Å². The zero-order valence-corrected chi connectivity index (χ0v) is 3.50. The highest BCUT2D eigenvalue weighted by molar-refractivity contribution is 7.78. The molecule has 0 aliphatic carbocycles. The van der Waals surface area contributed by atoms with Crippen LogP contribution in [0.15, 0.2) is 0 Å². The fourth-order valence-electron chi connectivity index (χ4n) is 0.0354. The summed E-state index contributed by atoms with van der Waals surface area (Å²) in [6.07, 6.45) is 0. The summed E-state index contributed by atoms with van der Waals surface area (Å²) in [5.41, 5.74) is 0. The average Bonchev–Trinajstić information content (AvgIpc) is 1.41. The Morgan fingerprint density at radius 3 is 2.60 bits per heavy atom. The van der Waals surface area contributed by atoms with Crippen LogP contribution in [0.4, 0.5) is 0 Å². The van der Waals surface area contributed by atoms with Crippen molar-refractivity contribution < 1.29 is 0 Å². The van der Waals surface area contributed by atoms with Gasteiger partial charge >= 0.3 is 0 Å². The molecule has 0 aliphatic heterocycles. The van der Waals surface area contributed by atoms with Crippen LogP contribution in [0, 0.1) is 11.3 Å². The van der Waals surface area contributed by atoms with Crippen molar-refractivity contribution in [2.75, 3.05) is 6.54 Å². The average molecular weight is 88.1 g/mol. The van der Waals surface area contributed by atoms with Crippen LogP contribution in [-0.2, 0) is 0 Å². The lowest BCUT2D eigenvalue weighted by Crippen LogP contribution is -1.94. The highest BCUT2D eigenvalue weighted by atomic mass is 32.1. The zero-order valence-electron chi connectivity index (χ0n) is 2.60. The van der Waals surface area contributed by atoms with Gasteiger partial charge in [-0.3, -0.25) is 4.72 Å². The van der Waals surface area contributed by atoms with E-state index in [1.165, 1.54) is 0 Å². The molecule has 0 spiro atoms. The minimum absolute atomic E-state index is 0.309. The van der Waals surface area contributed by atoms with Crippen molar-refractivity contribution in [1.82, 2.24) is 4.72 Å². The van der Waals surface area contributed by atoms with Crippen LogP contribution in [0.3, 0.4) is 0 Å². The molecule has 0 fully saturated rings. The molecular formula is C2H4N2S. The number of hydrogen-bond acceptors (Lipinski definition) is 3. The normalized spacial score (nSPS) is 6.40. The van der Waals surface area contributed by atoms with Gasteiger partial charge in [-0.2, -0.15) is 5.26 Å². The van der Waals surface area contributed by atoms with E-state index in [-0.39, 0.29) is 0 Å². The van der Waals surface area contributed by atoms with Gasteiger partial charge in [0.15, 0.2) is 0 Å². The molecule has 0 bridgehead atoms. The molecule has 5 heavy (non-hydrogen) atoms. The summed E-state index contributed by atoms with van der Waals surface area (Å²) in [6, 6.07) is 1.83. The van der Waals surface area contributed by atoms with Gasteiger partial charge in [-0.05, 0) is 0 Å². The molecule has 2 nitrogen and oxygen atoms in total. The van der Waals surface area contributed by atoms with Crippen molar-refractivity contribution in [2.24, 2.45) is 0 Å². The summed E-state index contributed by atoms with van der Waals surface area (Å²) >= 11 is 3.53. The summed E-state index contributed by atoms with van der Waals surface area (Å²) in [4.78, 5) is 0. The second kappa shape index (κ2) is 3.80. The van der Waals surface area contributed by atoms with Crippen LogP contribution < -0.4 is 4.72 Å². The van der Waals surface area contributed by atoms with Crippen LogP contribution in [0.5, 0.6) is 0 Å². The molecule has 0 unspecified atom stereocenters. The van der Waals surface area contributed by atoms with Crippen LogP contribution in [0.2, 0.25) is 0 Å². The highest BCUT2D eigenvalue weighted by Crippen LogP contribution is 1.51. The fraction of sp³-hybridized carbons (Fsp3) is 0.500. The van der Waals surface area contributed by atoms with Crippen LogP contribution >= 0.6 is 12.8 Å². The molecular weight excluding hydrogens is 84.1 g/mol. The first kappa shape index (κ1) is 4.80. The van der Waals surface area contributed by atoms with Gasteiger partial charge in [0, 0.05) is 0 Å². The van der Waals surface area contributed by atoms with Crippen LogP contribution in [-0.4, -0.2) is 6.54 Å². The predicted molar refractivity (Wildman–Crippen MR) is 22.6 cm³/mol. The van der Waals surface area contributed by atoms with Crippen molar-refractivity contribution in [3.8, 4) is 6.07 Å². The van der Waals surface area contributed by atoms with E-state index in [1.54, 1.807) is 0 Å². The van der Waals surface area contributed by atoms with E-state index >= 15 is 0 Å². The largest absolute Gasteiger partial charge is 0.253 e. The van der Waals surface area contributed by atoms with E-state index < -0.39 is 0 Å². The van der Waals surface area contributed by atoms with Crippen molar-refractivity contribution in [3.63, 3.8) is 0 Å². The Morgan fingerprint density at radius 1 is 2.00 bits per heavy atom. The molecule has 0 aromatic heterocycles. The Labute approximate surface area is 36.3 Å². The highest BCUT2D eigenvalue weighted by Gasteiger charge is 1.61. The summed E-state index contributed by atoms with van der Waals surface area (Å²) in [5, 5.41) is 7.70. The van der Waals surface area contributed by atoms with Gasteiger partial charge < -0.3 is 0 Å². The molecule has 0 atom stereocenters. The Morgan fingerprint density at radius 2 is 2.60 bits per heavy atom. The fourth-order valence-corrected chi connectivity index (χ4v) is 0.106. The number of nitrogens with zero attached hydrogens (tertiary/aromatic N) is 1. The molecule has 0 rings (SSSR count). The Bertz CT molecular complexity index is 46.1. The molecule has 0 saturated carbocycles. The number of rotatable bonds is 1. The third-order valence-electron chi connectivity index (χ3n) is 0.158. The van der Waals surface area contributed by atoms with Crippen LogP contribution in [0.25, 0.3) is 0 Å². The molecule has 0 aromatic rings. The molecule has 1 N–H and O–H groups in total. The quantitative estimate of drug-likeness (QED) is 0.348. The minimum atomic E-state index is 0.309. The Kier molecular flexibility index (Phi) is 3.65. The molecule has 0 aliphatic rings. The van der Waals surface area contributed by atoms with E-state index in [2.05, 4.69) is 17.5 Å². The first-order chi connectivity index (χ1) is 2.41. The smallest absolute Gasteiger partial charge is 0.0929 e. The minimum Gasteiger partial charge on any atom is -0.253 e. The number of hydrogen-bond donors (Lipinski definition) is 2. The summed E-state index contributed by atoms with van der Waals surface area (Å²) in [5.74, 6) is 0. The Hall–Kier alpha value is -0.200. The topological polar surface area (TPSA) is 35.8 Å². The maximum atomic E-state index is 7.70. The van der Waals surface area contributed by atoms with Gasteiger partial charge in [0.05, 0.1) is 12.6 Å². The van der Waals surface area contributed by atoms with E-state index in [4.69, 9.17) is 5.26 Å². The predicted octanol–water partition coefficient (Wildman–Crippen LogP) is -0.0556. The maximum absolute atomic E-state index is 7.70. The van der Waals surface area contributed by atoms with Crippen molar-refractivity contribution in [3.05, 3.63) is 0 Å². The Balaban J connectivity index is 2.48. The van der Waals surface area contributed by atoms with Crippen molar-refractivity contribution in [1.29, 1.82) is 5.26 Å². The first-order valence-electron chi connectivity index (χ1n) is 1.15. The lowest BCUT2D eigenvalue weighted by Gasteiger charge is -1.72. The van der Waals surface area contributed by atoms with Gasteiger partial charge in [0.1, 0.15) is 0 Å². The molecule has 0 aromatic carbocycles. The molecule has 0 saturated heterocycles. The molecule has 28 valence electrons. The zero-order chi connectivity index (χ0) is 4.12. The summed E-state index contributed by atoms with van der Waals surface area (Å²) in [7, 11) is 0. The molecule has 0 amide bonds. The lowest BCUT2D eigenvalue weighted by atomic mass is 10.8. The second-order valence-electron chi connectivity index (χ2n) is 0.493. The lowest BCUT2D eigenvalue weighted by molar-refractivity contribution is 1.15. The van der Waals surface area contributed by atoms with Crippen molar-refractivity contribution in [2.45, 2.75) is 0 Å². The second-order valence-corrected chi connectivity index (χ2v) is 0.809. The SMILES string of the molecule is N#CCNS. The van der Waals surface area contributed by atoms with Gasteiger partial charge in [0.25, 0.3) is 0 Å². The van der Waals surface area contributed by atoms with E-state index in [1.807, 2.05) is 6.07 Å². The first-order valence-corrected chi connectivity index (χ1v) is 1.60. The number of nitriles is 1. The van der Waals surface area contributed by atoms with Gasteiger partial charge in [-0.1, -0.05) is 12.8 Å². The molecule has 0 heterocycles. The van der Waals surface area contributed by atoms with Gasteiger partial charge in [-0.15, -0.1) is 0 Å². The standard InChI is InChI=1S/C2H4N2S/c3-1-2-4-5/h4-5H,2H2. The summed E-state index contributed by atoms with van der Waals surface area (Å²) in [6.45, 7) is 0.309. The summed E-state index contributed by atoms with van der Waals surface area (Å²) < 4.78 is 2.35. The third-order valence-corrected chi connectivity index (χ3v) is 0.316. The third kappa shape index (κ3) is 3.80. The monoisotopic (exact) mass is 88.0 g/mol. The van der Waals surface area contributed by atoms with E-state index in [9.17, 15) is 0 Å². The van der Waals surface area contributed by atoms with E-state index in [0.717, 1.165) is 0 Å². The van der Waals surface area contributed by atoms with Gasteiger partial charge in [-0.25, -0.2) is 0 Å². The molecule has 3 heteroatoms. The van der Waals surface area contributed by atoms with Crippen LogP contribution in [0.1, 0.15) is 0 Å². The van der Waals surface area contributed by atoms with Gasteiger partial charge in [0.2, 0.25) is 0 Å². The van der Waals surface area contributed by atoms with Crippen molar-refractivity contribution >= 4 is 12.8 Å².